The lowest BCUT2D eigenvalue weighted by Crippen LogP contribution is -2.07. The zero-order valence-corrected chi connectivity index (χ0v) is 15.2. The van der Waals surface area contributed by atoms with Crippen LogP contribution < -0.4 is 0 Å². The van der Waals surface area contributed by atoms with Crippen molar-refractivity contribution >= 4 is 11.3 Å². The Morgan fingerprint density at radius 1 is 1.07 bits per heavy atom. The Labute approximate surface area is 157 Å². The highest BCUT2D eigenvalue weighted by Crippen LogP contribution is 2.34. The minimum absolute atomic E-state index is 0.148. The van der Waals surface area contributed by atoms with E-state index in [9.17, 15) is 18.4 Å². The fourth-order valence-electron chi connectivity index (χ4n) is 2.99. The molecular formula is C19H13F3N4S. The molecule has 0 aliphatic rings. The maximum Gasteiger partial charge on any atom is 0.443 e. The number of aromatic nitrogens is 2. The van der Waals surface area contributed by atoms with Crippen LogP contribution in [0.5, 0.6) is 0 Å². The summed E-state index contributed by atoms with van der Waals surface area (Å²) in [6.45, 7) is 3.73. The Morgan fingerprint density at radius 2 is 1.74 bits per heavy atom. The third kappa shape index (κ3) is 3.44. The average Bonchev–Trinajstić information content (AvgIpc) is 3.20. The second kappa shape index (κ2) is 6.90. The van der Waals surface area contributed by atoms with Crippen LogP contribution >= 0.6 is 11.3 Å². The van der Waals surface area contributed by atoms with E-state index in [0.29, 0.717) is 39.4 Å². The van der Waals surface area contributed by atoms with E-state index in [-0.39, 0.29) is 6.54 Å². The van der Waals surface area contributed by atoms with Crippen molar-refractivity contribution in [3.8, 4) is 23.3 Å². The predicted molar refractivity (Wildman–Crippen MR) is 95.0 cm³/mol. The van der Waals surface area contributed by atoms with Gasteiger partial charge >= 0.3 is 6.18 Å². The molecule has 2 aromatic heterocycles. The monoisotopic (exact) mass is 386 g/mol. The van der Waals surface area contributed by atoms with E-state index >= 15 is 0 Å². The smallest absolute Gasteiger partial charge is 0.341 e. The molecule has 0 unspecified atom stereocenters. The molecule has 0 fully saturated rings. The van der Waals surface area contributed by atoms with Crippen molar-refractivity contribution in [1.82, 2.24) is 9.55 Å². The normalized spacial score (nSPS) is 11.2. The first-order valence-electron chi connectivity index (χ1n) is 7.88. The summed E-state index contributed by atoms with van der Waals surface area (Å²) in [5, 5.41) is 19.0. The first-order chi connectivity index (χ1) is 12.8. The molecule has 27 heavy (non-hydrogen) atoms. The maximum atomic E-state index is 12.8. The van der Waals surface area contributed by atoms with Crippen molar-refractivity contribution in [1.29, 1.82) is 10.5 Å². The van der Waals surface area contributed by atoms with E-state index in [1.54, 1.807) is 35.8 Å². The van der Waals surface area contributed by atoms with E-state index in [0.717, 1.165) is 11.3 Å². The Kier molecular flexibility index (Phi) is 4.77. The van der Waals surface area contributed by atoms with Crippen LogP contribution in [0.25, 0.3) is 11.1 Å². The van der Waals surface area contributed by atoms with Crippen LogP contribution in [0.15, 0.2) is 29.6 Å². The minimum atomic E-state index is -4.46. The maximum absolute atomic E-state index is 12.8. The summed E-state index contributed by atoms with van der Waals surface area (Å²) in [6, 6.07) is 11.1. The predicted octanol–water partition coefficient (Wildman–Crippen LogP) is 5.04. The minimum Gasteiger partial charge on any atom is -0.341 e. The van der Waals surface area contributed by atoms with Gasteiger partial charge in [0.15, 0.2) is 5.01 Å². The molecule has 136 valence electrons. The topological polar surface area (TPSA) is 65.4 Å². The van der Waals surface area contributed by atoms with Gasteiger partial charge in [0.05, 0.1) is 29.4 Å². The Bertz CT molecular complexity index is 1080. The number of alkyl halides is 3. The molecule has 0 aliphatic heterocycles. The van der Waals surface area contributed by atoms with Crippen LogP contribution in [0.2, 0.25) is 0 Å². The molecule has 0 radical (unpaired) electrons. The molecule has 3 rings (SSSR count). The number of nitriles is 2. The molecule has 0 N–H and O–H groups in total. The average molecular weight is 386 g/mol. The summed E-state index contributed by atoms with van der Waals surface area (Å²) in [6.07, 6.45) is -4.46. The highest BCUT2D eigenvalue weighted by atomic mass is 32.1. The Morgan fingerprint density at radius 3 is 2.26 bits per heavy atom. The first-order valence-corrected chi connectivity index (χ1v) is 8.76. The van der Waals surface area contributed by atoms with Gasteiger partial charge in [0.25, 0.3) is 0 Å². The van der Waals surface area contributed by atoms with Gasteiger partial charge in [0.2, 0.25) is 0 Å². The molecule has 0 bridgehead atoms. The molecule has 4 nitrogen and oxygen atoms in total. The van der Waals surface area contributed by atoms with Crippen LogP contribution in [0.3, 0.4) is 0 Å². The van der Waals surface area contributed by atoms with Crippen LogP contribution in [0.4, 0.5) is 13.2 Å². The Hall–Kier alpha value is -3.10. The lowest BCUT2D eigenvalue weighted by Gasteiger charge is -2.08. The van der Waals surface area contributed by atoms with E-state index < -0.39 is 11.2 Å². The summed E-state index contributed by atoms with van der Waals surface area (Å²) < 4.78 is 40.1. The summed E-state index contributed by atoms with van der Waals surface area (Å²) in [5.41, 5.74) is 4.18. The van der Waals surface area contributed by atoms with Gasteiger partial charge in [-0.15, -0.1) is 11.3 Å². The molecule has 0 amide bonds. The summed E-state index contributed by atoms with van der Waals surface area (Å²) in [5.74, 6) is 0. The van der Waals surface area contributed by atoms with Gasteiger partial charge in [0, 0.05) is 22.3 Å². The molecule has 0 aliphatic carbocycles. The van der Waals surface area contributed by atoms with Crippen LogP contribution in [-0.2, 0) is 12.7 Å². The van der Waals surface area contributed by atoms with Gasteiger partial charge in [-0.25, -0.2) is 4.98 Å². The molecule has 0 saturated carbocycles. The molecular weight excluding hydrogens is 373 g/mol. The lowest BCUT2D eigenvalue weighted by molar-refractivity contribution is -0.137. The van der Waals surface area contributed by atoms with E-state index in [1.165, 1.54) is 5.38 Å². The number of benzene rings is 1. The fraction of sp³-hybridized carbons (Fsp3) is 0.211. The van der Waals surface area contributed by atoms with Crippen molar-refractivity contribution in [2.45, 2.75) is 26.6 Å². The highest BCUT2D eigenvalue weighted by Gasteiger charge is 2.34. The molecule has 8 heteroatoms. The number of thiazole rings is 1. The van der Waals surface area contributed by atoms with Gasteiger partial charge in [-0.2, -0.15) is 23.7 Å². The van der Waals surface area contributed by atoms with Crippen LogP contribution in [0, 0.1) is 36.5 Å². The van der Waals surface area contributed by atoms with Crippen molar-refractivity contribution in [2.75, 3.05) is 0 Å². The third-order valence-corrected chi connectivity index (χ3v) is 5.25. The summed E-state index contributed by atoms with van der Waals surface area (Å²) in [4.78, 5) is 3.67. The largest absolute Gasteiger partial charge is 0.443 e. The molecule has 0 saturated heterocycles. The molecule has 2 heterocycles. The van der Waals surface area contributed by atoms with E-state index in [4.69, 9.17) is 5.26 Å². The van der Waals surface area contributed by atoms with Gasteiger partial charge < -0.3 is 4.57 Å². The van der Waals surface area contributed by atoms with Gasteiger partial charge in [0.1, 0.15) is 6.07 Å². The van der Waals surface area contributed by atoms with Crippen molar-refractivity contribution in [3.63, 3.8) is 0 Å². The van der Waals surface area contributed by atoms with E-state index in [1.807, 2.05) is 13.0 Å². The quantitative estimate of drug-likeness (QED) is 0.633. The zero-order valence-electron chi connectivity index (χ0n) is 14.4. The summed E-state index contributed by atoms with van der Waals surface area (Å²) >= 11 is 0.560. The second-order valence-electron chi connectivity index (χ2n) is 5.95. The first kappa shape index (κ1) is 18.7. The summed E-state index contributed by atoms with van der Waals surface area (Å²) in [7, 11) is 0. The standard InChI is InChI=1S/C19H13F3N4S/c1-11-16(8-24)17(14-5-3-13(7-23)4-6-14)12(2)26(11)9-15-10-27-18(25-15)19(20,21)22/h3-6,10H,9H2,1-2H3. The number of hydrogen-bond donors (Lipinski definition) is 0. The van der Waals surface area contributed by atoms with Crippen LogP contribution in [0.1, 0.15) is 33.2 Å². The zero-order chi connectivity index (χ0) is 19.8. The highest BCUT2D eigenvalue weighted by molar-refractivity contribution is 7.09. The number of halogens is 3. The molecule has 1 aromatic carbocycles. The van der Waals surface area contributed by atoms with Gasteiger partial charge in [-0.1, -0.05) is 12.1 Å². The molecule has 3 aromatic rings. The second-order valence-corrected chi connectivity index (χ2v) is 6.81. The molecule has 0 spiro atoms. The lowest BCUT2D eigenvalue weighted by atomic mass is 10.0. The number of hydrogen-bond acceptors (Lipinski definition) is 4. The third-order valence-electron chi connectivity index (χ3n) is 4.31. The van der Waals surface area contributed by atoms with E-state index in [2.05, 4.69) is 11.1 Å². The number of nitrogens with zero attached hydrogens (tertiary/aromatic N) is 4. The Balaban J connectivity index is 2.05. The SMILES string of the molecule is Cc1c(C#N)c(-c2ccc(C#N)cc2)c(C)n1Cc1csc(C(F)(F)F)n1. The molecule has 0 atom stereocenters. The number of rotatable bonds is 3. The van der Waals surface area contributed by atoms with Crippen molar-refractivity contribution in [2.24, 2.45) is 0 Å². The van der Waals surface area contributed by atoms with Crippen molar-refractivity contribution in [3.05, 3.63) is 62.9 Å². The van der Waals surface area contributed by atoms with Crippen LogP contribution in [-0.4, -0.2) is 9.55 Å². The van der Waals surface area contributed by atoms with Gasteiger partial charge in [-0.05, 0) is 31.5 Å². The van der Waals surface area contributed by atoms with Gasteiger partial charge in [-0.3, -0.25) is 0 Å². The fourth-order valence-corrected chi connectivity index (χ4v) is 3.67. The van der Waals surface area contributed by atoms with Crippen molar-refractivity contribution < 1.29 is 13.2 Å².